The highest BCUT2D eigenvalue weighted by Crippen LogP contribution is 2.34. The van der Waals surface area contributed by atoms with Crippen LogP contribution in [0.1, 0.15) is 22.6 Å². The second-order valence-electron chi connectivity index (χ2n) is 4.71. The molecule has 0 radical (unpaired) electrons. The van der Waals surface area contributed by atoms with Crippen molar-refractivity contribution in [1.82, 2.24) is 9.97 Å². The van der Waals surface area contributed by atoms with Gasteiger partial charge in [0.15, 0.2) is 0 Å². The van der Waals surface area contributed by atoms with Gasteiger partial charge in [-0.1, -0.05) is 0 Å². The molecule has 0 aliphatic heterocycles. The Morgan fingerprint density at radius 3 is 2.72 bits per heavy atom. The Bertz CT molecular complexity index is 620. The summed E-state index contributed by atoms with van der Waals surface area (Å²) in [5.41, 5.74) is 6.05. The quantitative estimate of drug-likeness (QED) is 0.768. The van der Waals surface area contributed by atoms with E-state index in [9.17, 15) is 0 Å². The van der Waals surface area contributed by atoms with E-state index >= 15 is 0 Å². The van der Waals surface area contributed by atoms with Gasteiger partial charge in [-0.2, -0.15) is 0 Å². The molecule has 0 N–H and O–H groups in total. The molecule has 92 valence electrons. The van der Waals surface area contributed by atoms with E-state index in [0.717, 1.165) is 35.8 Å². The molecule has 0 bridgehead atoms. The fourth-order valence-corrected chi connectivity index (χ4v) is 2.65. The van der Waals surface area contributed by atoms with E-state index in [-0.39, 0.29) is 0 Å². The molecular weight excluding hydrogens is 224 g/mol. The van der Waals surface area contributed by atoms with Gasteiger partial charge in [0.2, 0.25) is 0 Å². The Morgan fingerprint density at radius 2 is 1.94 bits per heavy atom. The molecule has 1 aliphatic carbocycles. The Hall–Kier alpha value is -1.90. The van der Waals surface area contributed by atoms with Gasteiger partial charge in [-0.25, -0.2) is 9.97 Å². The summed E-state index contributed by atoms with van der Waals surface area (Å²) >= 11 is 0. The lowest BCUT2D eigenvalue weighted by Crippen LogP contribution is -2.10. The first-order valence-electron chi connectivity index (χ1n) is 6.20. The summed E-state index contributed by atoms with van der Waals surface area (Å²) in [5.74, 6) is 1.76. The molecule has 0 saturated carbocycles. The second kappa shape index (κ2) is 4.09. The van der Waals surface area contributed by atoms with Crippen LogP contribution in [0.2, 0.25) is 0 Å². The molecule has 0 spiro atoms. The molecule has 1 heterocycles. The highest BCUT2D eigenvalue weighted by molar-refractivity contribution is 5.71. The van der Waals surface area contributed by atoms with E-state index in [1.807, 2.05) is 13.0 Å². The smallest absolute Gasteiger partial charge is 0.126 e. The van der Waals surface area contributed by atoms with Gasteiger partial charge in [0, 0.05) is 16.8 Å². The van der Waals surface area contributed by atoms with Crippen LogP contribution in [0.4, 0.5) is 0 Å². The van der Waals surface area contributed by atoms with Gasteiger partial charge in [-0.3, -0.25) is 0 Å². The average molecular weight is 240 g/mol. The zero-order chi connectivity index (χ0) is 12.7. The third kappa shape index (κ3) is 1.67. The molecule has 1 aromatic carbocycles. The van der Waals surface area contributed by atoms with Crippen molar-refractivity contribution in [3.05, 3.63) is 40.8 Å². The fourth-order valence-electron chi connectivity index (χ4n) is 2.65. The van der Waals surface area contributed by atoms with E-state index in [1.54, 1.807) is 7.11 Å². The van der Waals surface area contributed by atoms with Crippen LogP contribution in [0.5, 0.6) is 5.75 Å². The van der Waals surface area contributed by atoms with Crippen molar-refractivity contribution >= 4 is 0 Å². The lowest BCUT2D eigenvalue weighted by Gasteiger charge is -2.21. The summed E-state index contributed by atoms with van der Waals surface area (Å²) in [6, 6.07) is 6.23. The van der Waals surface area contributed by atoms with Gasteiger partial charge in [0.1, 0.15) is 11.6 Å². The lowest BCUT2D eigenvalue weighted by molar-refractivity contribution is 0.414. The second-order valence-corrected chi connectivity index (χ2v) is 4.71. The minimum absolute atomic E-state index is 0.843. The highest BCUT2D eigenvalue weighted by Gasteiger charge is 2.20. The van der Waals surface area contributed by atoms with E-state index < -0.39 is 0 Å². The van der Waals surface area contributed by atoms with Gasteiger partial charge in [-0.15, -0.1) is 0 Å². The van der Waals surface area contributed by atoms with Gasteiger partial charge in [-0.05, 0) is 50.5 Å². The van der Waals surface area contributed by atoms with Gasteiger partial charge in [0.25, 0.3) is 0 Å². The normalized spacial score (nSPS) is 12.8. The molecule has 0 atom stereocenters. The van der Waals surface area contributed by atoms with Crippen molar-refractivity contribution in [2.75, 3.05) is 7.11 Å². The monoisotopic (exact) mass is 240 g/mol. The van der Waals surface area contributed by atoms with Crippen molar-refractivity contribution in [2.24, 2.45) is 0 Å². The first kappa shape index (κ1) is 11.2. The molecule has 0 fully saturated rings. The van der Waals surface area contributed by atoms with Crippen molar-refractivity contribution in [1.29, 1.82) is 0 Å². The molecule has 0 unspecified atom stereocenters. The number of ether oxygens (including phenoxy) is 1. The standard InChI is InChI=1S/C15H16N2O/c1-9-13-6-4-11-8-12(18-3)5-7-14(11)15(13)17-10(2)16-9/h5,7-8H,4,6H2,1-3H3. The number of hydrogen-bond donors (Lipinski definition) is 0. The number of methoxy groups -OCH3 is 1. The summed E-state index contributed by atoms with van der Waals surface area (Å²) in [5, 5.41) is 0. The Balaban J connectivity index is 2.22. The summed E-state index contributed by atoms with van der Waals surface area (Å²) in [6.07, 6.45) is 2.05. The Labute approximate surface area is 107 Å². The third-order valence-corrected chi connectivity index (χ3v) is 3.54. The van der Waals surface area contributed by atoms with E-state index in [1.165, 1.54) is 16.7 Å². The molecule has 3 nitrogen and oxygen atoms in total. The molecular formula is C15H16N2O. The summed E-state index contributed by atoms with van der Waals surface area (Å²) in [6.45, 7) is 4.02. The number of fused-ring (bicyclic) bond motifs is 3. The average Bonchev–Trinajstić information content (AvgIpc) is 2.37. The summed E-state index contributed by atoms with van der Waals surface area (Å²) in [7, 11) is 1.70. The number of aromatic nitrogens is 2. The molecule has 0 amide bonds. The zero-order valence-corrected chi connectivity index (χ0v) is 10.9. The van der Waals surface area contributed by atoms with E-state index in [2.05, 4.69) is 29.0 Å². The number of rotatable bonds is 1. The predicted molar refractivity (Wildman–Crippen MR) is 70.9 cm³/mol. The highest BCUT2D eigenvalue weighted by atomic mass is 16.5. The van der Waals surface area contributed by atoms with Gasteiger partial charge in [0.05, 0.1) is 12.8 Å². The first-order valence-corrected chi connectivity index (χ1v) is 6.20. The molecule has 0 saturated heterocycles. The van der Waals surface area contributed by atoms with Crippen LogP contribution in [0.3, 0.4) is 0 Å². The maximum atomic E-state index is 5.28. The van der Waals surface area contributed by atoms with E-state index in [4.69, 9.17) is 4.74 Å². The Morgan fingerprint density at radius 1 is 1.11 bits per heavy atom. The van der Waals surface area contributed by atoms with Crippen LogP contribution in [0, 0.1) is 13.8 Å². The summed E-state index contributed by atoms with van der Waals surface area (Å²) in [4.78, 5) is 9.08. The minimum atomic E-state index is 0.843. The van der Waals surface area contributed by atoms with Crippen LogP contribution < -0.4 is 4.74 Å². The minimum Gasteiger partial charge on any atom is -0.497 e. The topological polar surface area (TPSA) is 35.0 Å². The van der Waals surface area contributed by atoms with E-state index in [0.29, 0.717) is 0 Å². The number of nitrogens with zero attached hydrogens (tertiary/aromatic N) is 2. The molecule has 18 heavy (non-hydrogen) atoms. The molecule has 1 aromatic heterocycles. The van der Waals surface area contributed by atoms with Gasteiger partial charge < -0.3 is 4.74 Å². The number of aryl methyl sites for hydroxylation is 3. The zero-order valence-electron chi connectivity index (χ0n) is 10.9. The van der Waals surface area contributed by atoms with Crippen LogP contribution in [0.15, 0.2) is 18.2 Å². The fraction of sp³-hybridized carbons (Fsp3) is 0.333. The number of hydrogen-bond acceptors (Lipinski definition) is 3. The predicted octanol–water partition coefficient (Wildman–Crippen LogP) is 2.87. The molecule has 1 aliphatic rings. The number of benzene rings is 1. The molecule has 3 rings (SSSR count). The maximum absolute atomic E-state index is 5.28. The van der Waals surface area contributed by atoms with Crippen LogP contribution in [-0.4, -0.2) is 17.1 Å². The van der Waals surface area contributed by atoms with Crippen LogP contribution >= 0.6 is 0 Å². The molecule has 3 heteroatoms. The van der Waals surface area contributed by atoms with Crippen molar-refractivity contribution < 1.29 is 4.74 Å². The van der Waals surface area contributed by atoms with Gasteiger partial charge >= 0.3 is 0 Å². The van der Waals surface area contributed by atoms with Crippen LogP contribution in [0.25, 0.3) is 11.3 Å². The summed E-state index contributed by atoms with van der Waals surface area (Å²) < 4.78 is 5.28. The first-order chi connectivity index (χ1) is 8.69. The maximum Gasteiger partial charge on any atom is 0.126 e. The largest absolute Gasteiger partial charge is 0.497 e. The van der Waals surface area contributed by atoms with Crippen molar-refractivity contribution in [3.63, 3.8) is 0 Å². The van der Waals surface area contributed by atoms with Crippen molar-refractivity contribution in [3.8, 4) is 17.0 Å². The lowest BCUT2D eigenvalue weighted by atomic mass is 9.88. The SMILES string of the molecule is COc1ccc2c(c1)CCc1c(C)nc(C)nc1-2. The Kier molecular flexibility index (Phi) is 2.54. The van der Waals surface area contributed by atoms with Crippen molar-refractivity contribution in [2.45, 2.75) is 26.7 Å². The molecule has 2 aromatic rings. The van der Waals surface area contributed by atoms with Crippen LogP contribution in [-0.2, 0) is 12.8 Å². The third-order valence-electron chi connectivity index (χ3n) is 3.54.